The van der Waals surface area contributed by atoms with Crippen molar-refractivity contribution in [1.29, 1.82) is 0 Å². The fraction of sp³-hybridized carbons (Fsp3) is 0.261. The molecule has 0 aliphatic carbocycles. The number of hydrogen-bond donors (Lipinski definition) is 1. The molecule has 0 aliphatic heterocycles. The zero-order valence-electron chi connectivity index (χ0n) is 16.4. The second-order valence-electron chi connectivity index (χ2n) is 6.71. The number of nitrogens with zero attached hydrogens (tertiary/aromatic N) is 1. The molecule has 0 radical (unpaired) electrons. The molecule has 0 aliphatic rings. The number of para-hydroxylation sites is 1. The number of amides is 1. The van der Waals surface area contributed by atoms with Gasteiger partial charge in [0.2, 0.25) is 0 Å². The minimum absolute atomic E-state index is 0.0785. The molecule has 1 heterocycles. The van der Waals surface area contributed by atoms with Gasteiger partial charge in [-0.2, -0.15) is 0 Å². The first kappa shape index (κ1) is 20.8. The van der Waals surface area contributed by atoms with Crippen LogP contribution < -0.4 is 5.32 Å². The average molecular weight is 411 g/mol. The van der Waals surface area contributed by atoms with Crippen LogP contribution in [0, 0.1) is 0 Å². The van der Waals surface area contributed by atoms with Crippen LogP contribution >= 0.6 is 11.6 Å². The van der Waals surface area contributed by atoms with Crippen LogP contribution in [0.2, 0.25) is 5.02 Å². The summed E-state index contributed by atoms with van der Waals surface area (Å²) in [5.41, 5.74) is 2.29. The van der Waals surface area contributed by atoms with Gasteiger partial charge in [0.25, 0.3) is 5.91 Å². The van der Waals surface area contributed by atoms with Crippen LogP contribution in [0.1, 0.15) is 37.0 Å². The number of benzene rings is 2. The van der Waals surface area contributed by atoms with E-state index < -0.39 is 5.97 Å². The van der Waals surface area contributed by atoms with E-state index in [0.717, 1.165) is 18.4 Å². The first-order valence-corrected chi connectivity index (χ1v) is 10.0. The average Bonchev–Trinajstić information content (AvgIpc) is 2.75. The van der Waals surface area contributed by atoms with Crippen molar-refractivity contribution in [1.82, 2.24) is 10.3 Å². The maximum absolute atomic E-state index is 12.8. The van der Waals surface area contributed by atoms with Crippen LogP contribution in [-0.2, 0) is 9.53 Å². The number of fused-ring (bicyclic) bond motifs is 1. The van der Waals surface area contributed by atoms with Crippen molar-refractivity contribution < 1.29 is 14.3 Å². The van der Waals surface area contributed by atoms with Gasteiger partial charge in [0.05, 0.1) is 16.8 Å². The third kappa shape index (κ3) is 4.93. The molecular formula is C23H23ClN2O3. The van der Waals surface area contributed by atoms with E-state index in [9.17, 15) is 9.59 Å². The lowest BCUT2D eigenvalue weighted by atomic mass is 10.0. The minimum atomic E-state index is -0.573. The Hall–Kier alpha value is -2.92. The van der Waals surface area contributed by atoms with Crippen molar-refractivity contribution in [3.8, 4) is 11.3 Å². The van der Waals surface area contributed by atoms with E-state index in [0.29, 0.717) is 27.2 Å². The van der Waals surface area contributed by atoms with E-state index in [-0.39, 0.29) is 18.6 Å². The molecule has 0 spiro atoms. The van der Waals surface area contributed by atoms with Gasteiger partial charge in [-0.15, -0.1) is 0 Å². The maximum atomic E-state index is 12.8. The number of nitrogens with one attached hydrogen (secondary N) is 1. The lowest BCUT2D eigenvalue weighted by Gasteiger charge is -2.15. The van der Waals surface area contributed by atoms with Gasteiger partial charge in [-0.25, -0.2) is 9.78 Å². The number of esters is 1. The molecule has 6 heteroatoms. The smallest absolute Gasteiger partial charge is 0.339 e. The second-order valence-corrected chi connectivity index (χ2v) is 7.12. The predicted molar refractivity (Wildman–Crippen MR) is 115 cm³/mol. The summed E-state index contributed by atoms with van der Waals surface area (Å²) in [5, 5.41) is 4.06. The standard InChI is InChI=1S/C23H23ClN2O3/c1-3-15(4-2)25-22(27)14-29-23(28)18-13-21(17-10-5-7-11-19(17)24)26-20-12-8-6-9-16(18)20/h5-13,15H,3-4,14H2,1-2H3,(H,25,27). The lowest BCUT2D eigenvalue weighted by molar-refractivity contribution is -0.125. The van der Waals surface area contributed by atoms with Gasteiger partial charge in [0, 0.05) is 22.0 Å². The van der Waals surface area contributed by atoms with Crippen LogP contribution in [0.4, 0.5) is 0 Å². The molecule has 150 valence electrons. The monoisotopic (exact) mass is 410 g/mol. The first-order chi connectivity index (χ1) is 14.0. The summed E-state index contributed by atoms with van der Waals surface area (Å²) in [6.45, 7) is 3.67. The molecule has 1 amide bonds. The molecule has 2 aromatic carbocycles. The molecule has 1 N–H and O–H groups in total. The summed E-state index contributed by atoms with van der Waals surface area (Å²) in [6.07, 6.45) is 1.65. The molecule has 3 rings (SSSR count). The fourth-order valence-electron chi connectivity index (χ4n) is 3.12. The van der Waals surface area contributed by atoms with Crippen molar-refractivity contribution in [3.05, 3.63) is 65.2 Å². The number of aromatic nitrogens is 1. The molecule has 0 atom stereocenters. The summed E-state index contributed by atoms with van der Waals surface area (Å²) in [4.78, 5) is 29.5. The Balaban J connectivity index is 1.89. The van der Waals surface area contributed by atoms with Crippen molar-refractivity contribution >= 4 is 34.4 Å². The van der Waals surface area contributed by atoms with E-state index in [4.69, 9.17) is 16.3 Å². The summed E-state index contributed by atoms with van der Waals surface area (Å²) in [5.74, 6) is -0.881. The topological polar surface area (TPSA) is 68.3 Å². The van der Waals surface area contributed by atoms with Crippen LogP contribution in [0.5, 0.6) is 0 Å². The number of ether oxygens (including phenoxy) is 1. The molecule has 0 fully saturated rings. The van der Waals surface area contributed by atoms with Crippen LogP contribution in [-0.4, -0.2) is 29.5 Å². The van der Waals surface area contributed by atoms with Crippen molar-refractivity contribution in [3.63, 3.8) is 0 Å². The highest BCUT2D eigenvalue weighted by atomic mass is 35.5. The van der Waals surface area contributed by atoms with Crippen molar-refractivity contribution in [2.24, 2.45) is 0 Å². The highest BCUT2D eigenvalue weighted by molar-refractivity contribution is 6.33. The van der Waals surface area contributed by atoms with Gasteiger partial charge in [0.15, 0.2) is 6.61 Å². The third-order valence-electron chi connectivity index (χ3n) is 4.77. The third-order valence-corrected chi connectivity index (χ3v) is 5.10. The van der Waals surface area contributed by atoms with E-state index in [1.54, 1.807) is 18.2 Å². The molecule has 3 aromatic rings. The Morgan fingerprint density at radius 2 is 1.76 bits per heavy atom. The molecule has 29 heavy (non-hydrogen) atoms. The zero-order chi connectivity index (χ0) is 20.8. The number of carbonyl (C=O) groups is 2. The van der Waals surface area contributed by atoms with E-state index in [1.165, 1.54) is 0 Å². The number of carbonyl (C=O) groups excluding carboxylic acids is 2. The normalized spacial score (nSPS) is 10.9. The predicted octanol–water partition coefficient (Wildman–Crippen LogP) is 5.02. The van der Waals surface area contributed by atoms with Gasteiger partial charge >= 0.3 is 5.97 Å². The Morgan fingerprint density at radius 3 is 2.48 bits per heavy atom. The quantitative estimate of drug-likeness (QED) is 0.555. The van der Waals surface area contributed by atoms with Crippen molar-refractivity contribution in [2.45, 2.75) is 32.7 Å². The van der Waals surface area contributed by atoms with Crippen LogP contribution in [0.25, 0.3) is 22.2 Å². The molecular weight excluding hydrogens is 388 g/mol. The fourth-order valence-corrected chi connectivity index (χ4v) is 3.35. The first-order valence-electron chi connectivity index (χ1n) is 9.64. The molecule has 5 nitrogen and oxygen atoms in total. The number of pyridine rings is 1. The van der Waals surface area contributed by atoms with Gasteiger partial charge in [-0.1, -0.05) is 61.8 Å². The maximum Gasteiger partial charge on any atom is 0.339 e. The number of rotatable bonds is 7. The Bertz CT molecular complexity index is 1030. The van der Waals surface area contributed by atoms with Gasteiger partial charge in [-0.05, 0) is 31.0 Å². The number of hydrogen-bond acceptors (Lipinski definition) is 4. The Morgan fingerprint density at radius 1 is 1.07 bits per heavy atom. The summed E-state index contributed by atoms with van der Waals surface area (Å²) >= 11 is 6.31. The number of halogens is 1. The SMILES string of the molecule is CCC(CC)NC(=O)COC(=O)c1cc(-c2ccccc2Cl)nc2ccccc12. The highest BCUT2D eigenvalue weighted by Gasteiger charge is 2.18. The largest absolute Gasteiger partial charge is 0.452 e. The van der Waals surface area contributed by atoms with Gasteiger partial charge in [-0.3, -0.25) is 4.79 Å². The van der Waals surface area contributed by atoms with Gasteiger partial charge in [0.1, 0.15) is 0 Å². The summed E-state index contributed by atoms with van der Waals surface area (Å²) < 4.78 is 5.30. The van der Waals surface area contributed by atoms with Crippen LogP contribution in [0.15, 0.2) is 54.6 Å². The zero-order valence-corrected chi connectivity index (χ0v) is 17.2. The van der Waals surface area contributed by atoms with E-state index >= 15 is 0 Å². The molecule has 0 saturated heterocycles. The molecule has 0 saturated carbocycles. The summed E-state index contributed by atoms with van der Waals surface area (Å²) in [6, 6.07) is 16.4. The van der Waals surface area contributed by atoms with E-state index in [2.05, 4.69) is 10.3 Å². The minimum Gasteiger partial charge on any atom is -0.452 e. The molecule has 1 aromatic heterocycles. The van der Waals surface area contributed by atoms with Gasteiger partial charge < -0.3 is 10.1 Å². The Labute approximate surface area is 175 Å². The lowest BCUT2D eigenvalue weighted by Crippen LogP contribution is -2.36. The second kappa shape index (κ2) is 9.52. The Kier molecular flexibility index (Phi) is 6.83. The summed E-state index contributed by atoms with van der Waals surface area (Å²) in [7, 11) is 0. The van der Waals surface area contributed by atoms with Crippen molar-refractivity contribution in [2.75, 3.05) is 6.61 Å². The molecule has 0 bridgehead atoms. The van der Waals surface area contributed by atoms with E-state index in [1.807, 2.05) is 50.2 Å². The highest BCUT2D eigenvalue weighted by Crippen LogP contribution is 2.30. The van der Waals surface area contributed by atoms with Crippen LogP contribution in [0.3, 0.4) is 0 Å². The molecule has 0 unspecified atom stereocenters.